The summed E-state index contributed by atoms with van der Waals surface area (Å²) in [6.45, 7) is 0.978. The average molecular weight is 580 g/mol. The Labute approximate surface area is 251 Å². The molecule has 0 radical (unpaired) electrons. The van der Waals surface area contributed by atoms with Gasteiger partial charge in [0.2, 0.25) is 5.91 Å². The predicted octanol–water partition coefficient (Wildman–Crippen LogP) is 4.01. The maximum Gasteiger partial charge on any atom is 0.331 e. The van der Waals surface area contributed by atoms with Gasteiger partial charge in [-0.15, -0.1) is 0 Å². The van der Waals surface area contributed by atoms with Gasteiger partial charge in [-0.3, -0.25) is 14.7 Å². The monoisotopic (exact) mass is 579 g/mol. The zero-order chi connectivity index (χ0) is 30.3. The van der Waals surface area contributed by atoms with Crippen molar-refractivity contribution in [2.45, 2.75) is 31.7 Å². The number of nitrogens with one attached hydrogen (secondary N) is 1. The highest BCUT2D eigenvalue weighted by Crippen LogP contribution is 2.27. The number of amides is 3. The summed E-state index contributed by atoms with van der Waals surface area (Å²) in [6, 6.07) is 29.7. The Morgan fingerprint density at radius 3 is 2.40 bits per heavy atom. The predicted molar refractivity (Wildman–Crippen MR) is 166 cm³/mol. The number of fused-ring (bicyclic) bond motifs is 1. The van der Waals surface area contributed by atoms with E-state index in [-0.39, 0.29) is 30.8 Å². The van der Waals surface area contributed by atoms with Crippen LogP contribution in [0.4, 0.5) is 4.79 Å². The highest BCUT2D eigenvalue weighted by atomic mass is 16.3. The van der Waals surface area contributed by atoms with Crippen LogP contribution in [0.5, 0.6) is 5.75 Å². The number of phenols is 1. The minimum absolute atomic E-state index is 0.0352. The van der Waals surface area contributed by atoms with Crippen molar-refractivity contribution in [2.75, 3.05) is 27.2 Å². The van der Waals surface area contributed by atoms with E-state index in [1.165, 1.54) is 5.01 Å². The van der Waals surface area contributed by atoms with Crippen LogP contribution in [0.3, 0.4) is 0 Å². The van der Waals surface area contributed by atoms with Gasteiger partial charge in [-0.05, 0) is 53.1 Å². The SMILES string of the molecule is CN1[C@@H](Cc2ccc(O)cc2)C(=O)N(Cc2cccc3ccccc23)C[C@@H]1N(CC=O)N(C)C(=O)NCc1ccccc1. The third kappa shape index (κ3) is 6.85. The molecule has 0 spiro atoms. The lowest BCUT2D eigenvalue weighted by atomic mass is 9.98. The molecule has 1 heterocycles. The zero-order valence-electron chi connectivity index (χ0n) is 24.5. The van der Waals surface area contributed by atoms with E-state index in [2.05, 4.69) is 23.5 Å². The van der Waals surface area contributed by atoms with Gasteiger partial charge in [0.25, 0.3) is 0 Å². The van der Waals surface area contributed by atoms with E-state index in [0.29, 0.717) is 19.5 Å². The molecular formula is C34H37N5O4. The van der Waals surface area contributed by atoms with Crippen molar-refractivity contribution in [2.24, 2.45) is 0 Å². The van der Waals surface area contributed by atoms with Crippen LogP contribution in [0, 0.1) is 0 Å². The Bertz CT molecular complexity index is 1560. The molecule has 4 aromatic carbocycles. The van der Waals surface area contributed by atoms with Crippen LogP contribution >= 0.6 is 0 Å². The van der Waals surface area contributed by atoms with Crippen LogP contribution in [0.1, 0.15) is 16.7 Å². The molecule has 0 bridgehead atoms. The summed E-state index contributed by atoms with van der Waals surface area (Å²) in [5, 5.41) is 18.0. The molecule has 0 unspecified atom stereocenters. The molecule has 5 rings (SSSR count). The number of aromatic hydroxyl groups is 1. The standard InChI is InChI=1S/C34H37N5O4/c1-36-31(21-25-15-17-29(41)18-16-25)33(42)38(23-28-13-8-12-27-11-6-7-14-30(27)28)24-32(36)39(19-20-40)37(2)34(43)35-22-26-9-4-3-5-10-26/h3-18,20,31-32,41H,19,21-24H2,1-2H3,(H,35,43)/t31-,32-/m0/s1. The quantitative estimate of drug-likeness (QED) is 0.218. The highest BCUT2D eigenvalue weighted by Gasteiger charge is 2.42. The fraction of sp³-hybridized carbons (Fsp3) is 0.265. The first-order chi connectivity index (χ1) is 20.9. The van der Waals surface area contributed by atoms with Gasteiger partial charge in [-0.25, -0.2) is 4.79 Å². The number of carbonyl (C=O) groups excluding carboxylic acids is 3. The molecule has 9 nitrogen and oxygen atoms in total. The normalized spacial score (nSPS) is 17.3. The maximum absolute atomic E-state index is 14.1. The average Bonchev–Trinajstić information content (AvgIpc) is 3.03. The minimum atomic E-state index is -0.562. The third-order valence-electron chi connectivity index (χ3n) is 8.12. The Kier molecular flexibility index (Phi) is 9.34. The molecule has 0 saturated carbocycles. The Hall–Kier alpha value is -4.73. The van der Waals surface area contributed by atoms with Crippen molar-refractivity contribution < 1.29 is 19.5 Å². The smallest absolute Gasteiger partial charge is 0.331 e. The van der Waals surface area contributed by atoms with Crippen LogP contribution < -0.4 is 5.32 Å². The summed E-state index contributed by atoms with van der Waals surface area (Å²) in [7, 11) is 3.49. The van der Waals surface area contributed by atoms with Crippen molar-refractivity contribution in [3.63, 3.8) is 0 Å². The van der Waals surface area contributed by atoms with Gasteiger partial charge in [0, 0.05) is 20.1 Å². The van der Waals surface area contributed by atoms with Gasteiger partial charge < -0.3 is 20.1 Å². The van der Waals surface area contributed by atoms with Gasteiger partial charge in [0.15, 0.2) is 0 Å². The summed E-state index contributed by atoms with van der Waals surface area (Å²) < 4.78 is 0. The molecule has 43 heavy (non-hydrogen) atoms. The van der Waals surface area contributed by atoms with Crippen LogP contribution in [0.25, 0.3) is 10.8 Å². The molecule has 3 amide bonds. The van der Waals surface area contributed by atoms with Crippen LogP contribution in [0.2, 0.25) is 0 Å². The minimum Gasteiger partial charge on any atom is -0.508 e. The van der Waals surface area contributed by atoms with Crippen LogP contribution in [-0.4, -0.2) is 82.5 Å². The number of likely N-dealkylation sites (N-methyl/N-ethyl adjacent to an activating group) is 1. The lowest BCUT2D eigenvalue weighted by molar-refractivity contribution is -0.160. The van der Waals surface area contributed by atoms with E-state index in [0.717, 1.165) is 33.7 Å². The number of benzene rings is 4. The second kappa shape index (κ2) is 13.5. The van der Waals surface area contributed by atoms with E-state index in [1.807, 2.05) is 71.4 Å². The number of carbonyl (C=O) groups is 3. The molecule has 2 atom stereocenters. The summed E-state index contributed by atoms with van der Waals surface area (Å²) in [5.74, 6) is 0.116. The number of piperazine rings is 1. The van der Waals surface area contributed by atoms with Gasteiger partial charge in [0.1, 0.15) is 12.0 Å². The first-order valence-electron chi connectivity index (χ1n) is 14.4. The Balaban J connectivity index is 1.44. The van der Waals surface area contributed by atoms with Gasteiger partial charge in [-0.2, -0.15) is 5.01 Å². The number of hydrogen-bond acceptors (Lipinski definition) is 6. The van der Waals surface area contributed by atoms with Crippen LogP contribution in [-0.2, 0) is 29.1 Å². The van der Waals surface area contributed by atoms with Gasteiger partial charge in [0.05, 0.1) is 25.3 Å². The molecule has 1 aliphatic heterocycles. The lowest BCUT2D eigenvalue weighted by Gasteiger charge is -2.50. The van der Waals surface area contributed by atoms with Gasteiger partial charge in [-0.1, -0.05) is 84.9 Å². The number of nitrogens with zero attached hydrogens (tertiary/aromatic N) is 4. The Morgan fingerprint density at radius 1 is 0.953 bits per heavy atom. The second-order valence-electron chi connectivity index (χ2n) is 10.8. The Morgan fingerprint density at radius 2 is 1.65 bits per heavy atom. The summed E-state index contributed by atoms with van der Waals surface area (Å²) in [4.78, 5) is 43.1. The molecule has 0 aromatic heterocycles. The molecule has 2 N–H and O–H groups in total. The van der Waals surface area contributed by atoms with Crippen LogP contribution in [0.15, 0.2) is 97.1 Å². The molecule has 1 saturated heterocycles. The van der Waals surface area contributed by atoms with Crippen molar-refractivity contribution in [1.29, 1.82) is 0 Å². The van der Waals surface area contributed by atoms with E-state index in [9.17, 15) is 19.5 Å². The molecule has 9 heteroatoms. The third-order valence-corrected chi connectivity index (χ3v) is 8.12. The summed E-state index contributed by atoms with van der Waals surface area (Å²) in [5.41, 5.74) is 2.88. The first-order valence-corrected chi connectivity index (χ1v) is 14.4. The highest BCUT2D eigenvalue weighted by molar-refractivity contribution is 5.87. The van der Waals surface area contributed by atoms with E-state index in [1.54, 1.807) is 36.3 Å². The number of hydrogen-bond donors (Lipinski definition) is 2. The number of aldehydes is 1. The number of rotatable bonds is 10. The van der Waals surface area contributed by atoms with Crippen molar-refractivity contribution in [1.82, 2.24) is 25.1 Å². The van der Waals surface area contributed by atoms with Crippen molar-refractivity contribution >= 4 is 29.0 Å². The second-order valence-corrected chi connectivity index (χ2v) is 10.8. The number of urea groups is 1. The first kappa shape index (κ1) is 29.8. The largest absolute Gasteiger partial charge is 0.508 e. The number of hydrazine groups is 1. The van der Waals surface area contributed by atoms with Crippen molar-refractivity contribution in [3.05, 3.63) is 114 Å². The molecule has 1 aliphatic rings. The molecule has 222 valence electrons. The van der Waals surface area contributed by atoms with E-state index >= 15 is 0 Å². The topological polar surface area (TPSA) is 96.4 Å². The van der Waals surface area contributed by atoms with E-state index in [4.69, 9.17) is 0 Å². The molecule has 4 aromatic rings. The fourth-order valence-electron chi connectivity index (χ4n) is 5.70. The maximum atomic E-state index is 14.1. The van der Waals surface area contributed by atoms with E-state index < -0.39 is 12.2 Å². The van der Waals surface area contributed by atoms with Gasteiger partial charge >= 0.3 is 6.03 Å². The molecule has 1 fully saturated rings. The number of phenolic OH excluding ortho intramolecular Hbond substituents is 1. The molecular weight excluding hydrogens is 542 g/mol. The summed E-state index contributed by atoms with van der Waals surface area (Å²) in [6.07, 6.45) is 0.708. The fourth-order valence-corrected chi connectivity index (χ4v) is 5.70. The van der Waals surface area contributed by atoms with Crippen molar-refractivity contribution in [3.8, 4) is 5.75 Å². The zero-order valence-corrected chi connectivity index (χ0v) is 24.5. The lowest BCUT2D eigenvalue weighted by Crippen LogP contribution is -2.69. The summed E-state index contributed by atoms with van der Waals surface area (Å²) >= 11 is 0. The molecule has 0 aliphatic carbocycles.